The van der Waals surface area contributed by atoms with Gasteiger partial charge in [0.1, 0.15) is 0 Å². The van der Waals surface area contributed by atoms with Crippen LogP contribution in [0.25, 0.3) is 0 Å². The van der Waals surface area contributed by atoms with Gasteiger partial charge in [0.05, 0.1) is 12.6 Å². The lowest BCUT2D eigenvalue weighted by Gasteiger charge is -2.23. The number of hydrogen-bond acceptors (Lipinski definition) is 2. The predicted octanol–water partition coefficient (Wildman–Crippen LogP) is 0.311. The monoisotopic (exact) mass is 122 g/mol. The number of fused-ring (bicyclic) bond motifs is 1. The summed E-state index contributed by atoms with van der Waals surface area (Å²) < 4.78 is 0. The van der Waals surface area contributed by atoms with Crippen LogP contribution in [0.15, 0.2) is 17.1 Å². The summed E-state index contributed by atoms with van der Waals surface area (Å²) in [6.45, 7) is 3.24. The van der Waals surface area contributed by atoms with E-state index < -0.39 is 0 Å². The molecule has 1 atom stereocenters. The van der Waals surface area contributed by atoms with Gasteiger partial charge in [-0.2, -0.15) is 0 Å². The van der Waals surface area contributed by atoms with Gasteiger partial charge < -0.3 is 0 Å². The van der Waals surface area contributed by atoms with Crippen molar-refractivity contribution >= 4 is 6.21 Å². The maximum absolute atomic E-state index is 4.20. The lowest BCUT2D eigenvalue weighted by molar-refractivity contribution is 0.319. The van der Waals surface area contributed by atoms with Gasteiger partial charge in [-0.3, -0.25) is 9.89 Å². The molecular weight excluding hydrogens is 112 g/mol. The highest BCUT2D eigenvalue weighted by atomic mass is 15.2. The topological polar surface area (TPSA) is 15.6 Å². The fourth-order valence-electron chi connectivity index (χ4n) is 1.33. The lowest BCUT2D eigenvalue weighted by Crippen LogP contribution is -2.36. The second-order valence-corrected chi connectivity index (χ2v) is 2.47. The van der Waals surface area contributed by atoms with E-state index >= 15 is 0 Å². The minimum absolute atomic E-state index is 0.527. The van der Waals surface area contributed by atoms with Crippen molar-refractivity contribution < 1.29 is 0 Å². The molecule has 2 heteroatoms. The number of hydrogen-bond donors (Lipinski definition) is 0. The van der Waals surface area contributed by atoms with Crippen LogP contribution in [0.5, 0.6) is 0 Å². The first-order valence-electron chi connectivity index (χ1n) is 3.37. The molecule has 0 amide bonds. The first-order chi connectivity index (χ1) is 4.47. The third kappa shape index (κ3) is 0.793. The van der Waals surface area contributed by atoms with Crippen LogP contribution in [0.1, 0.15) is 0 Å². The fraction of sp³-hybridized carbons (Fsp3) is 0.571. The van der Waals surface area contributed by atoms with Crippen molar-refractivity contribution in [1.29, 1.82) is 0 Å². The van der Waals surface area contributed by atoms with E-state index in [1.807, 2.05) is 6.21 Å². The molecule has 2 heterocycles. The van der Waals surface area contributed by atoms with Crippen molar-refractivity contribution in [2.24, 2.45) is 4.99 Å². The van der Waals surface area contributed by atoms with Gasteiger partial charge in [-0.1, -0.05) is 12.2 Å². The summed E-state index contributed by atoms with van der Waals surface area (Å²) in [5.74, 6) is 0. The van der Waals surface area contributed by atoms with Gasteiger partial charge in [-0.05, 0) is 0 Å². The molecule has 0 radical (unpaired) electrons. The number of nitrogens with zero attached hydrogens (tertiary/aromatic N) is 2. The summed E-state index contributed by atoms with van der Waals surface area (Å²) in [7, 11) is 0. The molecule has 0 aromatic heterocycles. The summed E-state index contributed by atoms with van der Waals surface area (Å²) in [4.78, 5) is 6.61. The summed E-state index contributed by atoms with van der Waals surface area (Å²) >= 11 is 0. The second-order valence-electron chi connectivity index (χ2n) is 2.47. The molecule has 9 heavy (non-hydrogen) atoms. The third-order valence-electron chi connectivity index (χ3n) is 1.87. The first-order valence-corrected chi connectivity index (χ1v) is 3.37. The number of aliphatic imine (C=N–C) groups is 1. The van der Waals surface area contributed by atoms with E-state index in [0.717, 1.165) is 19.6 Å². The van der Waals surface area contributed by atoms with Crippen LogP contribution in [0.2, 0.25) is 0 Å². The molecule has 0 bridgehead atoms. The molecule has 0 saturated carbocycles. The minimum Gasteiger partial charge on any atom is -0.294 e. The molecule has 0 aromatic rings. The van der Waals surface area contributed by atoms with Crippen molar-refractivity contribution in [2.75, 3.05) is 19.6 Å². The highest BCUT2D eigenvalue weighted by Crippen LogP contribution is 2.09. The van der Waals surface area contributed by atoms with Gasteiger partial charge in [0.25, 0.3) is 0 Å². The molecule has 0 N–H and O–H groups in total. The third-order valence-corrected chi connectivity index (χ3v) is 1.87. The maximum atomic E-state index is 4.20. The molecule has 0 aliphatic carbocycles. The Balaban J connectivity index is 2.17. The van der Waals surface area contributed by atoms with Gasteiger partial charge in [-0.25, -0.2) is 0 Å². The molecule has 0 fully saturated rings. The van der Waals surface area contributed by atoms with Crippen LogP contribution >= 0.6 is 0 Å². The molecule has 48 valence electrons. The first kappa shape index (κ1) is 5.18. The summed E-state index contributed by atoms with van der Waals surface area (Å²) in [5, 5.41) is 0. The average Bonchev–Trinajstić information content (AvgIpc) is 2.33. The quantitative estimate of drug-likeness (QED) is 0.422. The molecule has 2 rings (SSSR count). The largest absolute Gasteiger partial charge is 0.294 e. The van der Waals surface area contributed by atoms with Crippen molar-refractivity contribution in [3.05, 3.63) is 12.2 Å². The highest BCUT2D eigenvalue weighted by Gasteiger charge is 2.18. The van der Waals surface area contributed by atoms with Crippen LogP contribution in [0.3, 0.4) is 0 Å². The van der Waals surface area contributed by atoms with Crippen LogP contribution in [-0.2, 0) is 0 Å². The van der Waals surface area contributed by atoms with E-state index in [-0.39, 0.29) is 0 Å². The zero-order chi connectivity index (χ0) is 6.10. The van der Waals surface area contributed by atoms with E-state index in [4.69, 9.17) is 0 Å². The van der Waals surface area contributed by atoms with Crippen LogP contribution in [0, 0.1) is 0 Å². The van der Waals surface area contributed by atoms with Crippen molar-refractivity contribution in [2.45, 2.75) is 6.04 Å². The van der Waals surface area contributed by atoms with Crippen molar-refractivity contribution in [1.82, 2.24) is 4.90 Å². The van der Waals surface area contributed by atoms with Gasteiger partial charge in [0, 0.05) is 19.3 Å². The molecule has 0 saturated heterocycles. The Labute approximate surface area is 54.9 Å². The van der Waals surface area contributed by atoms with E-state index in [2.05, 4.69) is 22.0 Å². The Kier molecular flexibility index (Phi) is 1.12. The smallest absolute Gasteiger partial charge is 0.0634 e. The van der Waals surface area contributed by atoms with Gasteiger partial charge >= 0.3 is 0 Å². The highest BCUT2D eigenvalue weighted by molar-refractivity contribution is 5.68. The van der Waals surface area contributed by atoms with Crippen LogP contribution in [0.4, 0.5) is 0 Å². The molecule has 2 nitrogen and oxygen atoms in total. The average molecular weight is 122 g/mol. The Bertz CT molecular complexity index is 160. The summed E-state index contributed by atoms with van der Waals surface area (Å²) in [5.41, 5.74) is 0. The Morgan fingerprint density at radius 2 is 2.56 bits per heavy atom. The summed E-state index contributed by atoms with van der Waals surface area (Å²) in [6.07, 6.45) is 6.46. The molecule has 2 aliphatic heterocycles. The van der Waals surface area contributed by atoms with Crippen molar-refractivity contribution in [3.8, 4) is 0 Å². The Morgan fingerprint density at radius 3 is 3.44 bits per heavy atom. The van der Waals surface area contributed by atoms with E-state index in [1.165, 1.54) is 0 Å². The second kappa shape index (κ2) is 1.95. The van der Waals surface area contributed by atoms with E-state index in [9.17, 15) is 0 Å². The molecule has 0 spiro atoms. The molecule has 1 unspecified atom stereocenters. The number of rotatable bonds is 0. The Hall–Kier alpha value is -0.630. The fourth-order valence-corrected chi connectivity index (χ4v) is 1.33. The standard InChI is InChI=1S/C7H10N2/c1-2-7-6-8-3-5-9(7)4-1/h1-2,6-7H,3-5H2. The van der Waals surface area contributed by atoms with Gasteiger partial charge in [0.15, 0.2) is 0 Å². The zero-order valence-electron chi connectivity index (χ0n) is 5.33. The molecular formula is C7H10N2. The summed E-state index contributed by atoms with van der Waals surface area (Å²) in [6, 6.07) is 0.527. The zero-order valence-corrected chi connectivity index (χ0v) is 5.33. The SMILES string of the molecule is C1=CC2C=NCCN2C1. The van der Waals surface area contributed by atoms with Crippen LogP contribution in [-0.4, -0.2) is 36.8 Å². The van der Waals surface area contributed by atoms with Gasteiger partial charge in [-0.15, -0.1) is 0 Å². The normalized spacial score (nSPS) is 33.1. The Morgan fingerprint density at radius 1 is 1.56 bits per heavy atom. The molecule has 2 aliphatic rings. The minimum atomic E-state index is 0.527. The van der Waals surface area contributed by atoms with Gasteiger partial charge in [0.2, 0.25) is 0 Å². The van der Waals surface area contributed by atoms with Crippen LogP contribution < -0.4 is 0 Å². The van der Waals surface area contributed by atoms with E-state index in [1.54, 1.807) is 0 Å². The lowest BCUT2D eigenvalue weighted by atomic mass is 10.3. The maximum Gasteiger partial charge on any atom is 0.0634 e. The molecule has 0 aromatic carbocycles. The predicted molar refractivity (Wildman–Crippen MR) is 37.9 cm³/mol. The van der Waals surface area contributed by atoms with Crippen molar-refractivity contribution in [3.63, 3.8) is 0 Å². The van der Waals surface area contributed by atoms with E-state index in [0.29, 0.717) is 6.04 Å².